The van der Waals surface area contributed by atoms with Gasteiger partial charge in [0, 0.05) is 16.8 Å². The van der Waals surface area contributed by atoms with Crippen LogP contribution >= 0.6 is 11.3 Å². The van der Waals surface area contributed by atoms with Crippen LogP contribution in [0.2, 0.25) is 0 Å². The summed E-state index contributed by atoms with van der Waals surface area (Å²) in [5, 5.41) is 8.73. The molecule has 0 aromatic carbocycles. The summed E-state index contributed by atoms with van der Waals surface area (Å²) in [6.07, 6.45) is 0. The third-order valence-corrected chi connectivity index (χ3v) is 3.29. The summed E-state index contributed by atoms with van der Waals surface area (Å²) in [6, 6.07) is 3.94. The maximum Gasteiger partial charge on any atom is 0.315 e. The van der Waals surface area contributed by atoms with Crippen molar-refractivity contribution in [1.29, 1.82) is 0 Å². The van der Waals surface area contributed by atoms with E-state index in [2.05, 4.69) is 0 Å². The van der Waals surface area contributed by atoms with Gasteiger partial charge in [-0.3, -0.25) is 9.59 Å². The second-order valence-electron chi connectivity index (χ2n) is 3.77. The minimum Gasteiger partial charge on any atom is -0.481 e. The molecule has 0 aliphatic rings. The average molecular weight is 241 g/mol. The van der Waals surface area contributed by atoms with Crippen LogP contribution in [0.15, 0.2) is 12.1 Å². The highest BCUT2D eigenvalue weighted by molar-refractivity contribution is 7.11. The van der Waals surface area contributed by atoms with Gasteiger partial charge in [-0.15, -0.1) is 11.3 Å². The van der Waals surface area contributed by atoms with Crippen LogP contribution in [0.4, 0.5) is 0 Å². The second kappa shape index (κ2) is 5.12. The zero-order valence-corrected chi connectivity index (χ0v) is 10.4. The summed E-state index contributed by atoms with van der Waals surface area (Å²) in [5.41, 5.74) is 0. The first-order valence-electron chi connectivity index (χ1n) is 4.95. The number of carboxylic acid groups (broad SMARTS) is 1. The largest absolute Gasteiger partial charge is 0.481 e. The number of thiophene rings is 1. The van der Waals surface area contributed by atoms with Crippen molar-refractivity contribution in [2.75, 3.05) is 7.05 Å². The number of carboxylic acids is 1. The third-order valence-electron chi connectivity index (χ3n) is 2.31. The Kier molecular flexibility index (Phi) is 4.06. The van der Waals surface area contributed by atoms with E-state index in [-0.39, 0.29) is 5.91 Å². The number of carbonyl (C=O) groups is 2. The third kappa shape index (κ3) is 3.06. The second-order valence-corrected chi connectivity index (χ2v) is 5.14. The van der Waals surface area contributed by atoms with E-state index in [1.807, 2.05) is 19.1 Å². The standard InChI is InChI=1S/C11H15NO3S/c1-7-4-5-9(16-7)6-12(3)10(13)8(2)11(14)15/h4-5,8H,6H2,1-3H3,(H,14,15). The van der Waals surface area contributed by atoms with Crippen molar-refractivity contribution in [2.24, 2.45) is 5.92 Å². The molecule has 4 nitrogen and oxygen atoms in total. The molecular formula is C11H15NO3S. The molecule has 5 heteroatoms. The summed E-state index contributed by atoms with van der Waals surface area (Å²) in [7, 11) is 1.62. The topological polar surface area (TPSA) is 57.6 Å². The Morgan fingerprint density at radius 1 is 1.50 bits per heavy atom. The number of nitrogens with zero attached hydrogens (tertiary/aromatic N) is 1. The zero-order chi connectivity index (χ0) is 12.3. The Morgan fingerprint density at radius 3 is 2.56 bits per heavy atom. The average Bonchev–Trinajstić information content (AvgIpc) is 2.61. The van der Waals surface area contributed by atoms with Gasteiger partial charge in [-0.1, -0.05) is 0 Å². The van der Waals surface area contributed by atoms with E-state index >= 15 is 0 Å². The van der Waals surface area contributed by atoms with Crippen molar-refractivity contribution >= 4 is 23.2 Å². The van der Waals surface area contributed by atoms with E-state index in [0.717, 1.165) is 4.88 Å². The summed E-state index contributed by atoms with van der Waals surface area (Å²) >= 11 is 1.61. The van der Waals surface area contributed by atoms with Crippen LogP contribution in [-0.2, 0) is 16.1 Å². The molecule has 16 heavy (non-hydrogen) atoms. The van der Waals surface area contributed by atoms with Gasteiger partial charge < -0.3 is 10.0 Å². The van der Waals surface area contributed by atoms with Crippen LogP contribution in [0.5, 0.6) is 0 Å². The fourth-order valence-corrected chi connectivity index (χ4v) is 2.26. The Morgan fingerprint density at radius 2 is 2.12 bits per heavy atom. The molecule has 1 N–H and O–H groups in total. The van der Waals surface area contributed by atoms with Crippen molar-refractivity contribution in [1.82, 2.24) is 4.90 Å². The number of aliphatic carboxylic acids is 1. The molecule has 0 aliphatic heterocycles. The number of hydrogen-bond acceptors (Lipinski definition) is 3. The van der Waals surface area contributed by atoms with Gasteiger partial charge >= 0.3 is 5.97 Å². The monoisotopic (exact) mass is 241 g/mol. The van der Waals surface area contributed by atoms with Crippen molar-refractivity contribution in [3.63, 3.8) is 0 Å². The molecule has 0 fully saturated rings. The highest BCUT2D eigenvalue weighted by Crippen LogP contribution is 2.17. The Hall–Kier alpha value is -1.36. The molecule has 1 rings (SSSR count). The van der Waals surface area contributed by atoms with Gasteiger partial charge in [0.15, 0.2) is 0 Å². The van der Waals surface area contributed by atoms with Gasteiger partial charge in [0.1, 0.15) is 5.92 Å². The van der Waals surface area contributed by atoms with Gasteiger partial charge in [-0.25, -0.2) is 0 Å². The molecule has 1 amide bonds. The summed E-state index contributed by atoms with van der Waals surface area (Å²) in [6.45, 7) is 3.87. The molecule has 1 aromatic rings. The Bertz CT molecular complexity index is 400. The van der Waals surface area contributed by atoms with Crippen molar-refractivity contribution in [3.8, 4) is 0 Å². The SMILES string of the molecule is Cc1ccc(CN(C)C(=O)C(C)C(=O)O)s1. The summed E-state index contributed by atoms with van der Waals surface area (Å²) in [5.74, 6) is -2.43. The normalized spacial score (nSPS) is 12.2. The van der Waals surface area contributed by atoms with Crippen molar-refractivity contribution in [3.05, 3.63) is 21.9 Å². The summed E-state index contributed by atoms with van der Waals surface area (Å²) < 4.78 is 0. The van der Waals surface area contributed by atoms with E-state index in [9.17, 15) is 9.59 Å². The van der Waals surface area contributed by atoms with Gasteiger partial charge in [0.05, 0.1) is 6.54 Å². The van der Waals surface area contributed by atoms with Crippen molar-refractivity contribution < 1.29 is 14.7 Å². The highest BCUT2D eigenvalue weighted by Gasteiger charge is 2.23. The smallest absolute Gasteiger partial charge is 0.315 e. The van der Waals surface area contributed by atoms with E-state index in [1.165, 1.54) is 16.7 Å². The molecule has 0 spiro atoms. The molecule has 0 saturated carbocycles. The molecule has 0 bridgehead atoms. The van der Waals surface area contributed by atoms with Gasteiger partial charge in [0.25, 0.3) is 0 Å². The van der Waals surface area contributed by atoms with Gasteiger partial charge in [-0.05, 0) is 26.0 Å². The lowest BCUT2D eigenvalue weighted by Gasteiger charge is -2.18. The first kappa shape index (κ1) is 12.7. The van der Waals surface area contributed by atoms with Crippen LogP contribution in [0.1, 0.15) is 16.7 Å². The fourth-order valence-electron chi connectivity index (χ4n) is 1.32. The molecule has 1 aromatic heterocycles. The minimum atomic E-state index is -1.08. The maximum absolute atomic E-state index is 11.6. The van der Waals surface area contributed by atoms with Crippen LogP contribution < -0.4 is 0 Å². The molecule has 88 valence electrons. The Labute approximate surface area is 98.5 Å². The van der Waals surface area contributed by atoms with Crippen LogP contribution in [0.3, 0.4) is 0 Å². The molecule has 0 aliphatic carbocycles. The zero-order valence-electron chi connectivity index (χ0n) is 9.56. The van der Waals surface area contributed by atoms with E-state index in [4.69, 9.17) is 5.11 Å². The molecule has 1 unspecified atom stereocenters. The van der Waals surface area contributed by atoms with E-state index in [1.54, 1.807) is 18.4 Å². The number of carbonyl (C=O) groups excluding carboxylic acids is 1. The lowest BCUT2D eigenvalue weighted by molar-refractivity contribution is -0.149. The fraction of sp³-hybridized carbons (Fsp3) is 0.455. The van der Waals surface area contributed by atoms with E-state index < -0.39 is 11.9 Å². The lowest BCUT2D eigenvalue weighted by atomic mass is 10.1. The van der Waals surface area contributed by atoms with Crippen LogP contribution in [0.25, 0.3) is 0 Å². The van der Waals surface area contributed by atoms with Gasteiger partial charge in [-0.2, -0.15) is 0 Å². The Balaban J connectivity index is 2.62. The van der Waals surface area contributed by atoms with Crippen LogP contribution in [0, 0.1) is 12.8 Å². The van der Waals surface area contributed by atoms with Gasteiger partial charge in [0.2, 0.25) is 5.91 Å². The quantitative estimate of drug-likeness (QED) is 0.817. The number of rotatable bonds is 4. The number of aryl methyl sites for hydroxylation is 1. The summed E-state index contributed by atoms with van der Waals surface area (Å²) in [4.78, 5) is 26.0. The van der Waals surface area contributed by atoms with Crippen LogP contribution in [-0.4, -0.2) is 28.9 Å². The molecular weight excluding hydrogens is 226 g/mol. The molecule has 0 saturated heterocycles. The predicted octanol–water partition coefficient (Wildman–Crippen LogP) is 1.74. The first-order valence-corrected chi connectivity index (χ1v) is 5.76. The predicted molar refractivity (Wildman–Crippen MR) is 62.3 cm³/mol. The minimum absolute atomic E-state index is 0.362. The highest BCUT2D eigenvalue weighted by atomic mass is 32.1. The maximum atomic E-state index is 11.6. The molecule has 1 atom stereocenters. The molecule has 0 radical (unpaired) electrons. The first-order chi connectivity index (χ1) is 7.41. The lowest BCUT2D eigenvalue weighted by Crippen LogP contribution is -2.34. The number of hydrogen-bond donors (Lipinski definition) is 1. The number of amides is 1. The molecule has 1 heterocycles. The van der Waals surface area contributed by atoms with E-state index in [0.29, 0.717) is 6.54 Å². The van der Waals surface area contributed by atoms with Crippen molar-refractivity contribution in [2.45, 2.75) is 20.4 Å².